The summed E-state index contributed by atoms with van der Waals surface area (Å²) in [7, 11) is 0. The molecule has 0 radical (unpaired) electrons. The van der Waals surface area contributed by atoms with Crippen LogP contribution in [0.3, 0.4) is 0 Å². The van der Waals surface area contributed by atoms with E-state index in [1.54, 1.807) is 24.3 Å². The highest BCUT2D eigenvalue weighted by molar-refractivity contribution is 6.30. The molecular formula is C20H18Cl2N2O3. The lowest BCUT2D eigenvalue weighted by molar-refractivity contribution is -0.148. The van der Waals surface area contributed by atoms with Gasteiger partial charge in [0.25, 0.3) is 5.56 Å². The van der Waals surface area contributed by atoms with E-state index in [9.17, 15) is 9.59 Å². The second-order valence-corrected chi connectivity index (χ2v) is 7.42. The van der Waals surface area contributed by atoms with Crippen LogP contribution in [0.15, 0.2) is 53.5 Å². The van der Waals surface area contributed by atoms with Crippen LogP contribution in [-0.2, 0) is 16.1 Å². The van der Waals surface area contributed by atoms with Gasteiger partial charge in [-0.3, -0.25) is 14.0 Å². The van der Waals surface area contributed by atoms with Crippen molar-refractivity contribution >= 4 is 34.8 Å². The molecule has 3 rings (SSSR count). The average molecular weight is 405 g/mol. The van der Waals surface area contributed by atoms with Crippen LogP contribution in [0.2, 0.25) is 10.0 Å². The molecule has 0 bridgehead atoms. The van der Waals surface area contributed by atoms with E-state index in [4.69, 9.17) is 27.9 Å². The number of benzene rings is 1. The molecule has 27 heavy (non-hydrogen) atoms. The Bertz CT molecular complexity index is 1030. The smallest absolute Gasteiger partial charge is 0.314 e. The molecule has 0 unspecified atom stereocenters. The third-order valence-electron chi connectivity index (χ3n) is 4.19. The van der Waals surface area contributed by atoms with Crippen LogP contribution in [-0.4, -0.2) is 15.4 Å². The monoisotopic (exact) mass is 404 g/mol. The van der Waals surface area contributed by atoms with Crippen LogP contribution in [0, 0.1) is 5.92 Å². The Kier molecular flexibility index (Phi) is 5.82. The summed E-state index contributed by atoms with van der Waals surface area (Å²) in [4.78, 5) is 29.2. The second-order valence-electron chi connectivity index (χ2n) is 6.54. The molecule has 1 aromatic carbocycles. The summed E-state index contributed by atoms with van der Waals surface area (Å²) in [6.45, 7) is 3.82. The highest BCUT2D eigenvalue weighted by atomic mass is 35.5. The molecule has 1 atom stereocenters. The van der Waals surface area contributed by atoms with E-state index in [0.29, 0.717) is 21.4 Å². The Morgan fingerprint density at radius 1 is 1.11 bits per heavy atom. The van der Waals surface area contributed by atoms with Gasteiger partial charge in [-0.2, -0.15) is 0 Å². The molecular weight excluding hydrogens is 387 g/mol. The van der Waals surface area contributed by atoms with Crippen molar-refractivity contribution in [3.8, 4) is 0 Å². The van der Waals surface area contributed by atoms with Gasteiger partial charge in [0.2, 0.25) is 0 Å². The number of aromatic nitrogens is 2. The van der Waals surface area contributed by atoms with Crippen molar-refractivity contribution in [2.75, 3.05) is 0 Å². The molecule has 3 aromatic rings. The minimum absolute atomic E-state index is 0.0380. The summed E-state index contributed by atoms with van der Waals surface area (Å²) in [5, 5.41) is 1.05. The molecule has 0 amide bonds. The van der Waals surface area contributed by atoms with Crippen molar-refractivity contribution in [3.05, 3.63) is 80.3 Å². The van der Waals surface area contributed by atoms with Crippen molar-refractivity contribution in [1.82, 2.24) is 9.38 Å². The van der Waals surface area contributed by atoms with Crippen LogP contribution in [0.5, 0.6) is 0 Å². The number of esters is 1. The highest BCUT2D eigenvalue weighted by Gasteiger charge is 2.26. The largest absolute Gasteiger partial charge is 0.459 e. The Morgan fingerprint density at radius 3 is 2.44 bits per heavy atom. The molecule has 7 heteroatoms. The van der Waals surface area contributed by atoms with Gasteiger partial charge in [0, 0.05) is 17.3 Å². The lowest BCUT2D eigenvalue weighted by Gasteiger charge is -2.20. The summed E-state index contributed by atoms with van der Waals surface area (Å²) < 4.78 is 6.80. The molecule has 5 nitrogen and oxygen atoms in total. The fraction of sp³-hybridized carbons (Fsp3) is 0.250. The number of carbonyl (C=O) groups excluding carboxylic acids is 1. The van der Waals surface area contributed by atoms with E-state index in [2.05, 4.69) is 4.98 Å². The minimum atomic E-state index is -0.428. The maximum atomic E-state index is 12.7. The van der Waals surface area contributed by atoms with Crippen LogP contribution in [0.1, 0.15) is 31.0 Å². The van der Waals surface area contributed by atoms with Crippen LogP contribution < -0.4 is 5.56 Å². The van der Waals surface area contributed by atoms with Crippen molar-refractivity contribution in [1.29, 1.82) is 0 Å². The zero-order valence-electron chi connectivity index (χ0n) is 14.9. The Labute approximate surface area is 166 Å². The summed E-state index contributed by atoms with van der Waals surface area (Å²) in [5.41, 5.74) is 1.37. The first kappa shape index (κ1) is 19.4. The molecule has 0 saturated carbocycles. The lowest BCUT2D eigenvalue weighted by Crippen LogP contribution is -2.22. The molecule has 0 saturated heterocycles. The summed E-state index contributed by atoms with van der Waals surface area (Å²) >= 11 is 11.8. The van der Waals surface area contributed by atoms with E-state index in [-0.39, 0.29) is 24.1 Å². The Hall–Kier alpha value is -2.37. The summed E-state index contributed by atoms with van der Waals surface area (Å²) in [5.74, 6) is -0.760. The van der Waals surface area contributed by atoms with Gasteiger partial charge < -0.3 is 4.74 Å². The SMILES string of the molecule is CC(C)[C@H](C(=O)OCc1cc(=O)n2cc(Cl)ccc2n1)c1ccc(Cl)cc1. The van der Waals surface area contributed by atoms with E-state index >= 15 is 0 Å². The number of nitrogens with zero attached hydrogens (tertiary/aromatic N) is 2. The summed E-state index contributed by atoms with van der Waals surface area (Å²) in [6.07, 6.45) is 1.50. The quantitative estimate of drug-likeness (QED) is 0.587. The Morgan fingerprint density at radius 2 is 1.78 bits per heavy atom. The van der Waals surface area contributed by atoms with E-state index in [1.165, 1.54) is 16.7 Å². The van der Waals surface area contributed by atoms with Gasteiger partial charge in [-0.15, -0.1) is 0 Å². The predicted octanol–water partition coefficient (Wildman–Crippen LogP) is 4.48. The number of carbonyl (C=O) groups is 1. The number of rotatable bonds is 5. The fourth-order valence-corrected chi connectivity index (χ4v) is 3.18. The first-order valence-electron chi connectivity index (χ1n) is 8.45. The third-order valence-corrected chi connectivity index (χ3v) is 4.66. The minimum Gasteiger partial charge on any atom is -0.459 e. The molecule has 0 spiro atoms. The molecule has 2 aromatic heterocycles. The third kappa shape index (κ3) is 4.49. The van der Waals surface area contributed by atoms with E-state index < -0.39 is 5.92 Å². The molecule has 0 aliphatic carbocycles. The molecule has 0 fully saturated rings. The number of fused-ring (bicyclic) bond motifs is 1. The number of hydrogen-bond donors (Lipinski definition) is 0. The van der Waals surface area contributed by atoms with Crippen LogP contribution >= 0.6 is 23.2 Å². The van der Waals surface area contributed by atoms with Crippen LogP contribution in [0.4, 0.5) is 0 Å². The fourth-order valence-electron chi connectivity index (χ4n) is 2.90. The Balaban J connectivity index is 1.79. The average Bonchev–Trinajstić information content (AvgIpc) is 2.62. The number of hydrogen-bond acceptors (Lipinski definition) is 4. The van der Waals surface area contributed by atoms with Gasteiger partial charge in [-0.25, -0.2) is 4.98 Å². The summed E-state index contributed by atoms with van der Waals surface area (Å²) in [6, 6.07) is 11.8. The maximum Gasteiger partial charge on any atom is 0.314 e. The van der Waals surface area contributed by atoms with Gasteiger partial charge in [0.1, 0.15) is 12.3 Å². The number of ether oxygens (including phenoxy) is 1. The van der Waals surface area contributed by atoms with Crippen molar-refractivity contribution in [2.45, 2.75) is 26.4 Å². The van der Waals surface area contributed by atoms with E-state index in [1.807, 2.05) is 26.0 Å². The second kappa shape index (κ2) is 8.11. The van der Waals surface area contributed by atoms with Crippen molar-refractivity contribution in [3.63, 3.8) is 0 Å². The van der Waals surface area contributed by atoms with Crippen LogP contribution in [0.25, 0.3) is 5.65 Å². The zero-order chi connectivity index (χ0) is 19.6. The normalized spacial score (nSPS) is 12.3. The molecule has 140 valence electrons. The molecule has 2 heterocycles. The first-order chi connectivity index (χ1) is 12.8. The van der Waals surface area contributed by atoms with Crippen molar-refractivity contribution < 1.29 is 9.53 Å². The maximum absolute atomic E-state index is 12.7. The van der Waals surface area contributed by atoms with E-state index in [0.717, 1.165) is 5.56 Å². The molecule has 0 aliphatic heterocycles. The number of halogens is 2. The number of pyridine rings is 1. The zero-order valence-corrected chi connectivity index (χ0v) is 16.4. The molecule has 0 N–H and O–H groups in total. The lowest BCUT2D eigenvalue weighted by atomic mass is 9.88. The van der Waals surface area contributed by atoms with Crippen molar-refractivity contribution in [2.24, 2.45) is 5.92 Å². The highest BCUT2D eigenvalue weighted by Crippen LogP contribution is 2.27. The topological polar surface area (TPSA) is 60.7 Å². The van der Waals surface area contributed by atoms with Gasteiger partial charge in [0.15, 0.2) is 0 Å². The standard InChI is InChI=1S/C20H18Cl2N2O3/c1-12(2)19(13-3-5-14(21)6-4-13)20(26)27-11-16-9-18(25)24-10-15(22)7-8-17(24)23-16/h3-10,12,19H,11H2,1-2H3/t19-/m0/s1. The molecule has 0 aliphatic rings. The van der Waals surface area contributed by atoms with Gasteiger partial charge in [-0.05, 0) is 35.7 Å². The first-order valence-corrected chi connectivity index (χ1v) is 9.20. The van der Waals surface area contributed by atoms with Gasteiger partial charge in [0.05, 0.1) is 16.6 Å². The predicted molar refractivity (Wildman–Crippen MR) is 105 cm³/mol. The van der Waals surface area contributed by atoms with Gasteiger partial charge >= 0.3 is 5.97 Å². The van der Waals surface area contributed by atoms with Gasteiger partial charge in [-0.1, -0.05) is 49.2 Å².